The normalized spacial score (nSPS) is 21.1. The monoisotopic (exact) mass is 211 g/mol. The number of rotatable bonds is 1. The zero-order valence-corrected chi connectivity index (χ0v) is 9.58. The summed E-state index contributed by atoms with van der Waals surface area (Å²) < 4.78 is 0. The number of nitrogens with zero attached hydrogens (tertiary/aromatic N) is 1. The molecule has 1 aromatic heterocycles. The summed E-state index contributed by atoms with van der Waals surface area (Å²) in [4.78, 5) is 5.87. The minimum absolute atomic E-state index is 0.172. The predicted octanol–water partition coefficient (Wildman–Crippen LogP) is 1.30. The number of thiazole rings is 1. The summed E-state index contributed by atoms with van der Waals surface area (Å²) in [5.74, 6) is 0. The highest BCUT2D eigenvalue weighted by molar-refractivity contribution is 7.11. The second-order valence-corrected chi connectivity index (χ2v) is 5.27. The maximum Gasteiger partial charge on any atom is 0.113 e. The lowest BCUT2D eigenvalue weighted by molar-refractivity contribution is 0.316. The van der Waals surface area contributed by atoms with Crippen LogP contribution >= 0.6 is 11.3 Å². The van der Waals surface area contributed by atoms with Gasteiger partial charge in [0.1, 0.15) is 5.01 Å². The average molecular weight is 211 g/mol. The molecule has 0 aromatic carbocycles. The number of aromatic nitrogens is 1. The Hall–Kier alpha value is -0.450. The zero-order chi connectivity index (χ0) is 10.2. The second kappa shape index (κ2) is 3.61. The van der Waals surface area contributed by atoms with E-state index < -0.39 is 0 Å². The average Bonchev–Trinajstić information content (AvgIpc) is 2.49. The third kappa shape index (κ3) is 1.69. The minimum Gasteiger partial charge on any atom is -0.319 e. The molecule has 0 amide bonds. The lowest BCUT2D eigenvalue weighted by Gasteiger charge is -2.31. The minimum atomic E-state index is -0.172. The van der Waals surface area contributed by atoms with Crippen molar-refractivity contribution in [2.45, 2.75) is 32.2 Å². The van der Waals surface area contributed by atoms with Crippen molar-refractivity contribution in [2.75, 3.05) is 13.1 Å². The molecule has 3 N–H and O–H groups in total. The quantitative estimate of drug-likeness (QED) is 0.736. The Labute approximate surface area is 88.7 Å². The molecule has 4 heteroatoms. The zero-order valence-electron chi connectivity index (χ0n) is 8.76. The lowest BCUT2D eigenvalue weighted by Crippen LogP contribution is -2.46. The summed E-state index contributed by atoms with van der Waals surface area (Å²) in [6.45, 7) is 6.18. The molecular formula is C10H17N3S. The molecule has 78 valence electrons. The first-order valence-corrected chi connectivity index (χ1v) is 5.87. The van der Waals surface area contributed by atoms with Crippen molar-refractivity contribution in [3.8, 4) is 0 Å². The van der Waals surface area contributed by atoms with E-state index >= 15 is 0 Å². The SMILES string of the molecule is Cc1nc(C2(N)CCNCC2)sc1C. The second-order valence-electron chi connectivity index (χ2n) is 4.07. The van der Waals surface area contributed by atoms with Gasteiger partial charge in [-0.2, -0.15) is 0 Å². The number of nitrogens with two attached hydrogens (primary N) is 1. The third-order valence-electron chi connectivity index (χ3n) is 2.95. The fourth-order valence-corrected chi connectivity index (χ4v) is 2.85. The van der Waals surface area contributed by atoms with Crippen LogP contribution in [0.5, 0.6) is 0 Å². The van der Waals surface area contributed by atoms with Crippen LogP contribution < -0.4 is 11.1 Å². The fourth-order valence-electron chi connectivity index (χ4n) is 1.77. The summed E-state index contributed by atoms with van der Waals surface area (Å²) in [6.07, 6.45) is 2.00. The highest BCUT2D eigenvalue weighted by atomic mass is 32.1. The first-order chi connectivity index (χ1) is 6.62. The van der Waals surface area contributed by atoms with Crippen LogP contribution in [-0.4, -0.2) is 18.1 Å². The van der Waals surface area contributed by atoms with Crippen LogP contribution in [0, 0.1) is 13.8 Å². The van der Waals surface area contributed by atoms with Crippen molar-refractivity contribution in [3.63, 3.8) is 0 Å². The number of aryl methyl sites for hydroxylation is 2. The number of hydrogen-bond donors (Lipinski definition) is 2. The summed E-state index contributed by atoms with van der Waals surface area (Å²) in [6, 6.07) is 0. The van der Waals surface area contributed by atoms with E-state index in [0.29, 0.717) is 0 Å². The first kappa shape index (κ1) is 10.1. The van der Waals surface area contributed by atoms with E-state index in [0.717, 1.165) is 36.6 Å². The molecule has 0 saturated carbocycles. The Balaban J connectivity index is 2.28. The molecular weight excluding hydrogens is 194 g/mol. The fraction of sp³-hybridized carbons (Fsp3) is 0.700. The van der Waals surface area contributed by atoms with Crippen LogP contribution in [0.15, 0.2) is 0 Å². The van der Waals surface area contributed by atoms with Gasteiger partial charge in [0.15, 0.2) is 0 Å². The standard InChI is InChI=1S/C10H17N3S/c1-7-8(2)14-9(13-7)10(11)3-5-12-6-4-10/h12H,3-6,11H2,1-2H3. The largest absolute Gasteiger partial charge is 0.319 e. The van der Waals surface area contributed by atoms with Gasteiger partial charge >= 0.3 is 0 Å². The van der Waals surface area contributed by atoms with Crippen molar-refractivity contribution in [2.24, 2.45) is 5.73 Å². The van der Waals surface area contributed by atoms with Crippen LogP contribution in [0.1, 0.15) is 28.4 Å². The number of piperidine rings is 1. The van der Waals surface area contributed by atoms with Gasteiger partial charge in [-0.3, -0.25) is 0 Å². The molecule has 1 aromatic rings. The van der Waals surface area contributed by atoms with Gasteiger partial charge in [-0.1, -0.05) is 0 Å². The highest BCUT2D eigenvalue weighted by Gasteiger charge is 2.32. The van der Waals surface area contributed by atoms with Crippen molar-refractivity contribution in [1.82, 2.24) is 10.3 Å². The van der Waals surface area contributed by atoms with Crippen molar-refractivity contribution in [3.05, 3.63) is 15.6 Å². The molecule has 2 rings (SSSR count). The van der Waals surface area contributed by atoms with E-state index in [1.165, 1.54) is 4.88 Å². The Kier molecular flexibility index (Phi) is 2.60. The molecule has 0 radical (unpaired) electrons. The van der Waals surface area contributed by atoms with E-state index in [-0.39, 0.29) is 5.54 Å². The Morgan fingerprint density at radius 2 is 2.00 bits per heavy atom. The molecule has 0 atom stereocenters. The summed E-state index contributed by atoms with van der Waals surface area (Å²) in [5, 5.41) is 4.45. The van der Waals surface area contributed by atoms with Gasteiger partial charge in [0.2, 0.25) is 0 Å². The van der Waals surface area contributed by atoms with Crippen LogP contribution in [-0.2, 0) is 5.54 Å². The van der Waals surface area contributed by atoms with Crippen LogP contribution in [0.4, 0.5) is 0 Å². The summed E-state index contributed by atoms with van der Waals surface area (Å²) in [7, 11) is 0. The molecule has 0 spiro atoms. The molecule has 14 heavy (non-hydrogen) atoms. The molecule has 1 aliphatic rings. The molecule has 1 saturated heterocycles. The van der Waals surface area contributed by atoms with Gasteiger partial charge in [0.05, 0.1) is 11.2 Å². The molecule has 3 nitrogen and oxygen atoms in total. The molecule has 1 fully saturated rings. The lowest BCUT2D eigenvalue weighted by atomic mass is 9.90. The highest BCUT2D eigenvalue weighted by Crippen LogP contribution is 2.32. The molecule has 2 heterocycles. The maximum atomic E-state index is 6.37. The molecule has 0 bridgehead atoms. The first-order valence-electron chi connectivity index (χ1n) is 5.06. The van der Waals surface area contributed by atoms with Crippen LogP contribution in [0.2, 0.25) is 0 Å². The third-order valence-corrected chi connectivity index (χ3v) is 4.24. The van der Waals surface area contributed by atoms with Gasteiger partial charge < -0.3 is 11.1 Å². The number of hydrogen-bond acceptors (Lipinski definition) is 4. The van der Waals surface area contributed by atoms with Crippen molar-refractivity contribution < 1.29 is 0 Å². The Morgan fingerprint density at radius 3 is 2.50 bits per heavy atom. The summed E-state index contributed by atoms with van der Waals surface area (Å²) in [5.41, 5.74) is 7.33. The van der Waals surface area contributed by atoms with Gasteiger partial charge in [-0.25, -0.2) is 4.98 Å². The smallest absolute Gasteiger partial charge is 0.113 e. The van der Waals surface area contributed by atoms with E-state index in [1.807, 2.05) is 0 Å². The van der Waals surface area contributed by atoms with Crippen molar-refractivity contribution >= 4 is 11.3 Å². The van der Waals surface area contributed by atoms with E-state index in [9.17, 15) is 0 Å². The van der Waals surface area contributed by atoms with Gasteiger partial charge in [-0.05, 0) is 39.8 Å². The van der Waals surface area contributed by atoms with E-state index in [4.69, 9.17) is 5.73 Å². The van der Waals surface area contributed by atoms with Gasteiger partial charge in [0.25, 0.3) is 0 Å². The molecule has 0 aliphatic carbocycles. The topological polar surface area (TPSA) is 50.9 Å². The molecule has 0 unspecified atom stereocenters. The van der Waals surface area contributed by atoms with E-state index in [2.05, 4.69) is 24.1 Å². The number of nitrogens with one attached hydrogen (secondary N) is 1. The van der Waals surface area contributed by atoms with Gasteiger partial charge in [-0.15, -0.1) is 11.3 Å². The van der Waals surface area contributed by atoms with Crippen LogP contribution in [0.3, 0.4) is 0 Å². The maximum absolute atomic E-state index is 6.37. The molecule has 1 aliphatic heterocycles. The Morgan fingerprint density at radius 1 is 1.36 bits per heavy atom. The van der Waals surface area contributed by atoms with E-state index in [1.54, 1.807) is 11.3 Å². The van der Waals surface area contributed by atoms with Crippen LogP contribution in [0.25, 0.3) is 0 Å². The Bertz CT molecular complexity index is 307. The van der Waals surface area contributed by atoms with Gasteiger partial charge in [0, 0.05) is 4.88 Å². The predicted molar refractivity (Wildman–Crippen MR) is 59.6 cm³/mol. The summed E-state index contributed by atoms with van der Waals surface area (Å²) >= 11 is 1.76. The van der Waals surface area contributed by atoms with Crippen molar-refractivity contribution in [1.29, 1.82) is 0 Å².